The Morgan fingerprint density at radius 1 is 0.875 bits per heavy atom. The number of benzene rings is 2. The van der Waals surface area contributed by atoms with E-state index < -0.39 is 5.97 Å². The van der Waals surface area contributed by atoms with Gasteiger partial charge in [0.1, 0.15) is 10.6 Å². The van der Waals surface area contributed by atoms with E-state index in [9.17, 15) is 9.59 Å². The van der Waals surface area contributed by atoms with E-state index in [2.05, 4.69) is 0 Å². The van der Waals surface area contributed by atoms with Crippen molar-refractivity contribution in [3.8, 4) is 5.75 Å². The van der Waals surface area contributed by atoms with Gasteiger partial charge in [-0.15, -0.1) is 11.3 Å². The average Bonchev–Trinajstić information content (AvgIpc) is 3.16. The number of thiophene rings is 1. The fourth-order valence-corrected chi connectivity index (χ4v) is 2.67. The summed E-state index contributed by atoms with van der Waals surface area (Å²) in [7, 11) is 0. The Bertz CT molecular complexity index is 848. The zero-order chi connectivity index (χ0) is 16.8. The fraction of sp³-hybridized carbons (Fsp3) is 0. The van der Waals surface area contributed by atoms with Crippen molar-refractivity contribution in [2.24, 2.45) is 0 Å². The minimum atomic E-state index is -0.395. The second kappa shape index (κ2) is 7.53. The Balaban J connectivity index is 1.64. The molecule has 0 spiro atoms. The Morgan fingerprint density at radius 3 is 2.29 bits per heavy atom. The summed E-state index contributed by atoms with van der Waals surface area (Å²) in [6, 6.07) is 19.7. The van der Waals surface area contributed by atoms with Crippen LogP contribution in [0.4, 0.5) is 0 Å². The third kappa shape index (κ3) is 4.06. The summed E-state index contributed by atoms with van der Waals surface area (Å²) in [5, 5.41) is 1.82. The van der Waals surface area contributed by atoms with Crippen molar-refractivity contribution in [1.82, 2.24) is 0 Å². The van der Waals surface area contributed by atoms with Crippen LogP contribution in [-0.4, -0.2) is 11.8 Å². The molecule has 3 rings (SSSR count). The molecule has 24 heavy (non-hydrogen) atoms. The number of carbonyl (C=O) groups excluding carboxylic acids is 2. The van der Waals surface area contributed by atoms with E-state index in [1.54, 1.807) is 42.5 Å². The molecule has 2 aromatic carbocycles. The molecule has 0 N–H and O–H groups in total. The summed E-state index contributed by atoms with van der Waals surface area (Å²) in [6.45, 7) is 0. The van der Waals surface area contributed by atoms with E-state index in [0.717, 1.165) is 5.56 Å². The lowest BCUT2D eigenvalue weighted by Gasteiger charge is -2.03. The molecule has 0 radical (unpaired) electrons. The van der Waals surface area contributed by atoms with E-state index in [0.29, 0.717) is 16.2 Å². The van der Waals surface area contributed by atoms with E-state index in [1.165, 1.54) is 17.4 Å². The predicted molar refractivity (Wildman–Crippen MR) is 95.5 cm³/mol. The monoisotopic (exact) mass is 334 g/mol. The molecule has 0 aliphatic carbocycles. The molecule has 0 saturated carbocycles. The SMILES string of the molecule is O=C(/C=C/c1ccccc1)c1ccc(OC(=O)c2cccs2)cc1. The van der Waals surface area contributed by atoms with Crippen LogP contribution in [0.1, 0.15) is 25.6 Å². The van der Waals surface area contributed by atoms with Gasteiger partial charge in [-0.05, 0) is 47.4 Å². The molecular weight excluding hydrogens is 320 g/mol. The standard InChI is InChI=1S/C20H14O3S/c21-18(13-8-15-5-2-1-3-6-15)16-9-11-17(12-10-16)23-20(22)19-7-4-14-24-19/h1-14H/b13-8+. The number of ketones is 1. The average molecular weight is 334 g/mol. The van der Waals surface area contributed by atoms with Gasteiger partial charge in [0.25, 0.3) is 0 Å². The van der Waals surface area contributed by atoms with Crippen molar-refractivity contribution in [3.63, 3.8) is 0 Å². The number of rotatable bonds is 5. The van der Waals surface area contributed by atoms with Crippen LogP contribution in [0.5, 0.6) is 5.75 Å². The molecule has 0 amide bonds. The Morgan fingerprint density at radius 2 is 1.62 bits per heavy atom. The Labute approximate surface area is 143 Å². The third-order valence-corrected chi connectivity index (χ3v) is 4.15. The molecule has 3 aromatic rings. The lowest BCUT2D eigenvalue weighted by molar-refractivity contribution is 0.0740. The summed E-state index contributed by atoms with van der Waals surface area (Å²) in [5.41, 5.74) is 1.51. The quantitative estimate of drug-likeness (QED) is 0.289. The van der Waals surface area contributed by atoms with Gasteiger partial charge in [0.05, 0.1) is 0 Å². The van der Waals surface area contributed by atoms with Crippen molar-refractivity contribution in [1.29, 1.82) is 0 Å². The van der Waals surface area contributed by atoms with Crippen molar-refractivity contribution in [2.75, 3.05) is 0 Å². The van der Waals surface area contributed by atoms with Gasteiger partial charge in [-0.3, -0.25) is 4.79 Å². The fourth-order valence-electron chi connectivity index (χ4n) is 2.07. The van der Waals surface area contributed by atoms with E-state index >= 15 is 0 Å². The smallest absolute Gasteiger partial charge is 0.353 e. The Kier molecular flexibility index (Phi) is 4.99. The maximum atomic E-state index is 12.1. The van der Waals surface area contributed by atoms with Gasteiger partial charge in [0.15, 0.2) is 5.78 Å². The predicted octanol–water partition coefficient (Wildman–Crippen LogP) is 4.86. The highest BCUT2D eigenvalue weighted by Crippen LogP contribution is 2.17. The van der Waals surface area contributed by atoms with Crippen molar-refractivity contribution in [2.45, 2.75) is 0 Å². The van der Waals surface area contributed by atoms with Gasteiger partial charge in [0, 0.05) is 5.56 Å². The summed E-state index contributed by atoms with van der Waals surface area (Å²) >= 11 is 1.33. The van der Waals surface area contributed by atoms with Crippen molar-refractivity contribution in [3.05, 3.63) is 94.2 Å². The summed E-state index contributed by atoms with van der Waals surface area (Å²) in [5.74, 6) is -0.0833. The van der Waals surface area contributed by atoms with Gasteiger partial charge in [0.2, 0.25) is 0 Å². The molecule has 0 aliphatic heterocycles. The van der Waals surface area contributed by atoms with Gasteiger partial charge in [-0.2, -0.15) is 0 Å². The molecule has 118 valence electrons. The van der Waals surface area contributed by atoms with Crippen molar-refractivity contribution >= 4 is 29.2 Å². The first-order valence-corrected chi connectivity index (χ1v) is 8.23. The molecule has 0 aliphatic rings. The van der Waals surface area contributed by atoms with Gasteiger partial charge < -0.3 is 4.74 Å². The van der Waals surface area contributed by atoms with Crippen molar-refractivity contribution < 1.29 is 14.3 Å². The molecule has 3 nitrogen and oxygen atoms in total. The maximum Gasteiger partial charge on any atom is 0.353 e. The minimum Gasteiger partial charge on any atom is -0.422 e. The lowest BCUT2D eigenvalue weighted by Crippen LogP contribution is -2.06. The molecule has 0 unspecified atom stereocenters. The van der Waals surface area contributed by atoms with Crippen LogP contribution in [0.3, 0.4) is 0 Å². The first-order valence-electron chi connectivity index (χ1n) is 7.35. The zero-order valence-corrected chi connectivity index (χ0v) is 13.5. The normalized spacial score (nSPS) is 10.7. The number of esters is 1. The number of ether oxygens (including phenoxy) is 1. The highest BCUT2D eigenvalue weighted by Gasteiger charge is 2.10. The van der Waals surface area contributed by atoms with E-state index in [1.807, 2.05) is 35.7 Å². The van der Waals surface area contributed by atoms with Gasteiger partial charge in [-0.1, -0.05) is 42.5 Å². The van der Waals surface area contributed by atoms with Crippen LogP contribution in [0.15, 0.2) is 78.2 Å². The molecule has 1 aromatic heterocycles. The second-order valence-corrected chi connectivity index (χ2v) is 5.95. The van der Waals surface area contributed by atoms with Gasteiger partial charge in [-0.25, -0.2) is 4.79 Å². The molecule has 0 fully saturated rings. The van der Waals surface area contributed by atoms with Crippen LogP contribution in [0.2, 0.25) is 0 Å². The molecule has 4 heteroatoms. The topological polar surface area (TPSA) is 43.4 Å². The number of hydrogen-bond donors (Lipinski definition) is 0. The number of allylic oxidation sites excluding steroid dienone is 1. The summed E-state index contributed by atoms with van der Waals surface area (Å²) in [6.07, 6.45) is 3.30. The second-order valence-electron chi connectivity index (χ2n) is 5.00. The molecule has 1 heterocycles. The van der Waals surface area contributed by atoms with Crippen LogP contribution in [-0.2, 0) is 0 Å². The van der Waals surface area contributed by atoms with E-state index in [4.69, 9.17) is 4.74 Å². The van der Waals surface area contributed by atoms with Crippen LogP contribution < -0.4 is 4.74 Å². The molecular formula is C20H14O3S. The molecule has 0 atom stereocenters. The lowest BCUT2D eigenvalue weighted by atomic mass is 10.1. The number of hydrogen-bond acceptors (Lipinski definition) is 4. The molecule has 0 saturated heterocycles. The highest BCUT2D eigenvalue weighted by atomic mass is 32.1. The summed E-state index contributed by atoms with van der Waals surface area (Å²) in [4.78, 5) is 24.6. The highest BCUT2D eigenvalue weighted by molar-refractivity contribution is 7.12. The van der Waals surface area contributed by atoms with Crippen LogP contribution in [0, 0.1) is 0 Å². The first kappa shape index (κ1) is 15.9. The summed E-state index contributed by atoms with van der Waals surface area (Å²) < 4.78 is 5.26. The van der Waals surface area contributed by atoms with Crippen LogP contribution >= 0.6 is 11.3 Å². The molecule has 0 bridgehead atoms. The van der Waals surface area contributed by atoms with E-state index in [-0.39, 0.29) is 5.78 Å². The maximum absolute atomic E-state index is 12.1. The minimum absolute atomic E-state index is 0.102. The van der Waals surface area contributed by atoms with Crippen LogP contribution in [0.25, 0.3) is 6.08 Å². The Hall–Kier alpha value is -2.98. The van der Waals surface area contributed by atoms with Gasteiger partial charge >= 0.3 is 5.97 Å². The zero-order valence-electron chi connectivity index (χ0n) is 12.7. The largest absolute Gasteiger partial charge is 0.422 e. The first-order chi connectivity index (χ1) is 11.7. The third-order valence-electron chi connectivity index (χ3n) is 3.30. The number of carbonyl (C=O) groups is 2.